The number of β-amino-alcohol motifs (C(OH)–C–C–N with tert-alkyl or cyclic N) is 1. The van der Waals surface area contributed by atoms with E-state index in [-0.39, 0.29) is 37.3 Å². The molecule has 15 nitrogen and oxygen atoms in total. The summed E-state index contributed by atoms with van der Waals surface area (Å²) in [5.74, 6) is -0.0132. The number of methoxy groups -OCH3 is 1. The molecule has 16 heteroatoms. The standard InChI is InChI=1S/C47H81N3O12S/c1-13-36-46(10,54)40(51)32(6)49-26-28(2)24-44(8,53)41(62-43-39(35(48-11)23-29(3)57-43)59-34-17-15-14-16-18-34)30(4)38(31(5)42(52)60-36)61-37-25-45(9,56-12)47(55,33(7)58-37)27-50-19-21-63-22-20-50/h14-18,28-33,35-41,43,48-49,51,53-55H,13,19-27H2,1-12H3/t28-,29-,30+,31-,32-,33+,35+,36-,37+,38+,39-,40-,41-,43+,44-,45-,46-,47+/m1/s1. The van der Waals surface area contributed by atoms with E-state index in [1.165, 1.54) is 6.92 Å². The van der Waals surface area contributed by atoms with Crippen LogP contribution in [0.3, 0.4) is 0 Å². The highest BCUT2D eigenvalue weighted by Gasteiger charge is 2.59. The maximum absolute atomic E-state index is 14.6. The van der Waals surface area contributed by atoms with Crippen LogP contribution in [0.15, 0.2) is 30.3 Å². The molecule has 0 radical (unpaired) electrons. The van der Waals surface area contributed by atoms with Crippen molar-refractivity contribution in [2.24, 2.45) is 17.8 Å². The van der Waals surface area contributed by atoms with Gasteiger partial charge < -0.3 is 64.2 Å². The predicted molar refractivity (Wildman–Crippen MR) is 242 cm³/mol. The van der Waals surface area contributed by atoms with Crippen molar-refractivity contribution in [1.29, 1.82) is 0 Å². The lowest BCUT2D eigenvalue weighted by Gasteiger charge is -2.55. The lowest BCUT2D eigenvalue weighted by atomic mass is 9.74. The number of cyclic esters (lactones) is 1. The summed E-state index contributed by atoms with van der Waals surface area (Å²) in [6.45, 7) is 20.4. The third kappa shape index (κ3) is 12.1. The zero-order valence-corrected chi connectivity index (χ0v) is 40.8. The van der Waals surface area contributed by atoms with E-state index < -0.39 is 95.5 Å². The van der Waals surface area contributed by atoms with Crippen molar-refractivity contribution < 1.29 is 58.4 Å². The Hall–Kier alpha value is -1.64. The summed E-state index contributed by atoms with van der Waals surface area (Å²) in [5, 5.41) is 55.4. The van der Waals surface area contributed by atoms with E-state index in [1.54, 1.807) is 34.8 Å². The molecule has 362 valence electrons. The number of aliphatic hydroxyl groups excluding tert-OH is 1. The molecule has 0 amide bonds. The number of carbonyl (C=O) groups is 1. The zero-order chi connectivity index (χ0) is 46.5. The van der Waals surface area contributed by atoms with Gasteiger partial charge in [0, 0.05) is 56.6 Å². The summed E-state index contributed by atoms with van der Waals surface area (Å²) in [5.41, 5.74) is -5.89. The minimum atomic E-state index is -1.81. The van der Waals surface area contributed by atoms with Crippen LogP contribution in [0.4, 0.5) is 0 Å². The smallest absolute Gasteiger partial charge is 0.311 e. The molecule has 4 heterocycles. The number of hydrogen-bond acceptors (Lipinski definition) is 16. The topological polar surface area (TPSA) is 190 Å². The Balaban J connectivity index is 1.58. The van der Waals surface area contributed by atoms with E-state index >= 15 is 0 Å². The number of aliphatic hydroxyl groups is 4. The van der Waals surface area contributed by atoms with E-state index in [9.17, 15) is 25.2 Å². The second kappa shape index (κ2) is 22.0. The first-order valence-electron chi connectivity index (χ1n) is 23.3. The van der Waals surface area contributed by atoms with Gasteiger partial charge in [-0.1, -0.05) is 39.0 Å². The second-order valence-electron chi connectivity index (χ2n) is 19.7. The Morgan fingerprint density at radius 2 is 1.62 bits per heavy atom. The molecule has 6 N–H and O–H groups in total. The number of nitrogens with one attached hydrogen (secondary N) is 2. The molecule has 4 saturated heterocycles. The number of benzene rings is 1. The van der Waals surface area contributed by atoms with E-state index in [0.717, 1.165) is 24.6 Å². The van der Waals surface area contributed by atoms with Crippen LogP contribution >= 0.6 is 11.8 Å². The highest BCUT2D eigenvalue weighted by molar-refractivity contribution is 7.99. The molecule has 1 aromatic rings. The molecule has 0 aromatic heterocycles. The quantitative estimate of drug-likeness (QED) is 0.176. The molecule has 0 bridgehead atoms. The first-order chi connectivity index (χ1) is 29.6. The van der Waals surface area contributed by atoms with Gasteiger partial charge >= 0.3 is 5.97 Å². The van der Waals surface area contributed by atoms with Crippen LogP contribution in [0.2, 0.25) is 0 Å². The van der Waals surface area contributed by atoms with Crippen molar-refractivity contribution in [3.8, 4) is 5.75 Å². The van der Waals surface area contributed by atoms with Crippen LogP contribution in [0.5, 0.6) is 5.75 Å². The normalized spacial score (nSPS) is 45.4. The van der Waals surface area contributed by atoms with E-state index in [1.807, 2.05) is 83.8 Å². The lowest BCUT2D eigenvalue weighted by Crippen LogP contribution is -2.70. The Morgan fingerprint density at radius 3 is 2.24 bits per heavy atom. The highest BCUT2D eigenvalue weighted by atomic mass is 32.2. The van der Waals surface area contributed by atoms with E-state index in [0.29, 0.717) is 25.3 Å². The molecule has 4 aliphatic rings. The molecule has 63 heavy (non-hydrogen) atoms. The summed E-state index contributed by atoms with van der Waals surface area (Å²) < 4.78 is 46.3. The molecule has 4 fully saturated rings. The molecule has 0 saturated carbocycles. The number of esters is 1. The largest absolute Gasteiger partial charge is 0.483 e. The van der Waals surface area contributed by atoms with Crippen molar-refractivity contribution in [3.63, 3.8) is 0 Å². The fraction of sp³-hybridized carbons (Fsp3) is 0.851. The van der Waals surface area contributed by atoms with Gasteiger partial charge in [-0.25, -0.2) is 0 Å². The SMILES string of the molecule is CC[C@H]1OC(=O)[C@H](C)[C@@H](O[C@H]2C[C@@](C)(OC)[C@](O)(CN3CCSCC3)[C@H](C)O2)[C@H](C)[C@@H](O[C@@H]2O[C@H](C)C[C@H](NC)[C@H]2Oc2ccccc2)[C@](C)(O)C[C@@H](C)CN[C@H](C)[C@@H](O)[C@]1(C)O. The maximum atomic E-state index is 14.6. The highest BCUT2D eigenvalue weighted by Crippen LogP contribution is 2.44. The lowest BCUT2D eigenvalue weighted by molar-refractivity contribution is -0.338. The maximum Gasteiger partial charge on any atom is 0.311 e. The van der Waals surface area contributed by atoms with Crippen molar-refractivity contribution in [1.82, 2.24) is 15.5 Å². The fourth-order valence-corrected chi connectivity index (χ4v) is 11.4. The number of para-hydroxylation sites is 1. The van der Waals surface area contributed by atoms with Gasteiger partial charge in [0.15, 0.2) is 18.7 Å². The number of rotatable bonds is 11. The zero-order valence-electron chi connectivity index (χ0n) is 40.0. The van der Waals surface area contributed by atoms with Crippen LogP contribution in [-0.4, -0.2) is 173 Å². The van der Waals surface area contributed by atoms with Gasteiger partial charge in [0.05, 0.1) is 42.0 Å². The van der Waals surface area contributed by atoms with Crippen molar-refractivity contribution in [2.45, 2.75) is 185 Å². The van der Waals surface area contributed by atoms with Crippen LogP contribution in [-0.2, 0) is 33.2 Å². The van der Waals surface area contributed by atoms with Crippen LogP contribution < -0.4 is 15.4 Å². The van der Waals surface area contributed by atoms with E-state index in [2.05, 4.69) is 15.5 Å². The summed E-state index contributed by atoms with van der Waals surface area (Å²) in [7, 11) is 3.46. The number of thioether (sulfide) groups is 1. The minimum Gasteiger partial charge on any atom is -0.483 e. The average Bonchev–Trinajstić information content (AvgIpc) is 3.24. The van der Waals surface area contributed by atoms with Crippen molar-refractivity contribution in [2.75, 3.05) is 51.8 Å². The van der Waals surface area contributed by atoms with Crippen LogP contribution in [0.25, 0.3) is 0 Å². The number of likely N-dealkylation sites (N-methyl/N-ethyl adjacent to an activating group) is 1. The van der Waals surface area contributed by atoms with Gasteiger partial charge in [-0.2, -0.15) is 11.8 Å². The molecule has 18 atom stereocenters. The molecule has 5 rings (SSSR count). The number of carbonyl (C=O) groups excluding carboxylic acids is 1. The Kier molecular flexibility index (Phi) is 18.3. The van der Waals surface area contributed by atoms with Gasteiger partial charge in [0.25, 0.3) is 0 Å². The van der Waals surface area contributed by atoms with Crippen LogP contribution in [0.1, 0.15) is 94.9 Å². The van der Waals surface area contributed by atoms with Crippen molar-refractivity contribution >= 4 is 17.7 Å². The predicted octanol–water partition coefficient (Wildman–Crippen LogP) is 3.72. The number of ether oxygens (including phenoxy) is 7. The summed E-state index contributed by atoms with van der Waals surface area (Å²) >= 11 is 1.89. The second-order valence-corrected chi connectivity index (χ2v) is 20.9. The van der Waals surface area contributed by atoms with Gasteiger partial charge in [-0.05, 0) is 99.4 Å². The van der Waals surface area contributed by atoms with Gasteiger partial charge in [-0.15, -0.1) is 0 Å². The molecular weight excluding hydrogens is 831 g/mol. The fourth-order valence-electron chi connectivity index (χ4n) is 10.4. The molecule has 0 aliphatic carbocycles. The first kappa shape index (κ1) is 52.3. The first-order valence-corrected chi connectivity index (χ1v) is 24.4. The van der Waals surface area contributed by atoms with Gasteiger partial charge in [-0.3, -0.25) is 9.69 Å². The molecule has 4 aliphatic heterocycles. The van der Waals surface area contributed by atoms with Gasteiger partial charge in [0.1, 0.15) is 34.8 Å². The van der Waals surface area contributed by atoms with E-state index in [4.69, 9.17) is 33.2 Å². The Labute approximate surface area is 380 Å². The van der Waals surface area contributed by atoms with Gasteiger partial charge in [0.2, 0.25) is 0 Å². The average molecular weight is 912 g/mol. The third-order valence-electron chi connectivity index (χ3n) is 14.5. The summed E-state index contributed by atoms with van der Waals surface area (Å²) in [4.78, 5) is 16.8. The molecule has 0 unspecified atom stereocenters. The number of hydrogen-bond donors (Lipinski definition) is 6. The Bertz CT molecular complexity index is 1570. The summed E-state index contributed by atoms with van der Waals surface area (Å²) in [6.07, 6.45) is -6.75. The summed E-state index contributed by atoms with van der Waals surface area (Å²) in [6, 6.07) is 8.69. The Morgan fingerprint density at radius 1 is 0.952 bits per heavy atom. The molecule has 0 spiro atoms. The molecule has 1 aromatic carbocycles. The number of nitrogens with zero attached hydrogens (tertiary/aromatic N) is 1. The van der Waals surface area contributed by atoms with Crippen molar-refractivity contribution in [3.05, 3.63) is 30.3 Å². The molecular formula is C47H81N3O12S. The monoisotopic (exact) mass is 912 g/mol. The van der Waals surface area contributed by atoms with Crippen LogP contribution in [0, 0.1) is 17.8 Å². The minimum absolute atomic E-state index is 0.124. The third-order valence-corrected chi connectivity index (χ3v) is 15.4.